The Bertz CT molecular complexity index is 1050. The topological polar surface area (TPSA) is 55.6 Å². The number of aromatic nitrogens is 4. The summed E-state index contributed by atoms with van der Waals surface area (Å²) in [4.78, 5) is 17.5. The van der Waals surface area contributed by atoms with Crippen LogP contribution in [0.4, 0.5) is 5.95 Å². The number of rotatable bonds is 3. The lowest BCUT2D eigenvalue weighted by molar-refractivity contribution is 0.0975. The number of imidazole rings is 1. The summed E-state index contributed by atoms with van der Waals surface area (Å²) in [6.45, 7) is 5.03. The fourth-order valence-corrected chi connectivity index (χ4v) is 5.71. The Kier molecular flexibility index (Phi) is 5.10. The average molecular weight is 450 g/mol. The van der Waals surface area contributed by atoms with Gasteiger partial charge in [0, 0.05) is 42.8 Å². The van der Waals surface area contributed by atoms with Gasteiger partial charge < -0.3 is 9.64 Å². The number of hydrogen-bond acceptors (Lipinski definition) is 6. The van der Waals surface area contributed by atoms with Crippen molar-refractivity contribution >= 4 is 46.6 Å². The van der Waals surface area contributed by atoms with Gasteiger partial charge in [0.15, 0.2) is 5.65 Å². The van der Waals surface area contributed by atoms with Gasteiger partial charge in [0.25, 0.3) is 0 Å². The van der Waals surface area contributed by atoms with Crippen LogP contribution in [-0.4, -0.2) is 45.2 Å². The number of ether oxygens (including phenoxy) is 1. The minimum Gasteiger partial charge on any atom is -0.378 e. The molecule has 0 amide bonds. The lowest BCUT2D eigenvalue weighted by Crippen LogP contribution is -2.41. The summed E-state index contributed by atoms with van der Waals surface area (Å²) in [6, 6.07) is 1.85. The fraction of sp³-hybridized carbons (Fsp3) is 0.450. The van der Waals surface area contributed by atoms with E-state index in [4.69, 9.17) is 32.9 Å². The van der Waals surface area contributed by atoms with E-state index < -0.39 is 0 Å². The van der Waals surface area contributed by atoms with E-state index in [0.29, 0.717) is 21.7 Å². The highest BCUT2D eigenvalue weighted by Crippen LogP contribution is 2.43. The second kappa shape index (κ2) is 7.61. The Labute approximate surface area is 183 Å². The first-order valence-corrected chi connectivity index (χ1v) is 11.3. The van der Waals surface area contributed by atoms with Crippen LogP contribution in [0.25, 0.3) is 5.65 Å². The number of fused-ring (bicyclic) bond motifs is 1. The van der Waals surface area contributed by atoms with E-state index in [-0.39, 0.29) is 0 Å². The second-order valence-electron chi connectivity index (χ2n) is 7.87. The molecule has 1 atom stereocenters. The van der Waals surface area contributed by atoms with Gasteiger partial charge in [0.2, 0.25) is 5.95 Å². The Morgan fingerprint density at radius 2 is 1.97 bits per heavy atom. The van der Waals surface area contributed by atoms with Crippen molar-refractivity contribution in [3.8, 4) is 0 Å². The number of anilines is 1. The van der Waals surface area contributed by atoms with Crippen LogP contribution in [0.15, 0.2) is 40.6 Å². The van der Waals surface area contributed by atoms with E-state index in [2.05, 4.69) is 26.2 Å². The van der Waals surface area contributed by atoms with Gasteiger partial charge in [-0.3, -0.25) is 4.40 Å². The molecule has 2 fully saturated rings. The van der Waals surface area contributed by atoms with Crippen molar-refractivity contribution in [2.45, 2.75) is 42.1 Å². The third-order valence-electron chi connectivity index (χ3n) is 5.91. The molecule has 0 radical (unpaired) electrons. The summed E-state index contributed by atoms with van der Waals surface area (Å²) >= 11 is 13.9. The molecule has 5 rings (SSSR count). The van der Waals surface area contributed by atoms with E-state index in [0.717, 1.165) is 53.9 Å². The van der Waals surface area contributed by atoms with Crippen molar-refractivity contribution in [3.05, 3.63) is 41.0 Å². The molecule has 3 aromatic rings. The average Bonchev–Trinajstić information content (AvgIpc) is 3.34. The van der Waals surface area contributed by atoms with Crippen LogP contribution < -0.4 is 4.90 Å². The minimum absolute atomic E-state index is 0.299. The zero-order chi connectivity index (χ0) is 20.0. The summed E-state index contributed by atoms with van der Waals surface area (Å²) in [5.41, 5.74) is 1.21. The molecule has 0 aliphatic carbocycles. The number of nitrogens with zero attached hydrogens (tertiary/aromatic N) is 5. The SMILES string of the molecule is C[C@H]1CC2(CCN(c3ncc(Sc4ccnc(Cl)c4Cl)c4nccn34)CC2)CO1. The minimum atomic E-state index is 0.299. The van der Waals surface area contributed by atoms with Crippen LogP contribution in [0.3, 0.4) is 0 Å². The van der Waals surface area contributed by atoms with E-state index in [1.54, 1.807) is 6.20 Å². The van der Waals surface area contributed by atoms with Gasteiger partial charge in [-0.2, -0.15) is 0 Å². The first kappa shape index (κ1) is 19.4. The molecule has 29 heavy (non-hydrogen) atoms. The highest BCUT2D eigenvalue weighted by atomic mass is 35.5. The van der Waals surface area contributed by atoms with E-state index >= 15 is 0 Å². The molecule has 2 aliphatic heterocycles. The monoisotopic (exact) mass is 449 g/mol. The summed E-state index contributed by atoms with van der Waals surface area (Å²) in [7, 11) is 0. The lowest BCUT2D eigenvalue weighted by atomic mass is 9.77. The zero-order valence-electron chi connectivity index (χ0n) is 16.0. The van der Waals surface area contributed by atoms with Gasteiger partial charge >= 0.3 is 0 Å². The van der Waals surface area contributed by atoms with Crippen LogP contribution in [0, 0.1) is 5.41 Å². The van der Waals surface area contributed by atoms with Gasteiger partial charge in [-0.15, -0.1) is 0 Å². The third kappa shape index (κ3) is 3.58. The first-order chi connectivity index (χ1) is 14.0. The summed E-state index contributed by atoms with van der Waals surface area (Å²) in [6.07, 6.45) is 11.1. The lowest BCUT2D eigenvalue weighted by Gasteiger charge is -2.39. The standard InChI is InChI=1S/C20H21Cl2N5OS/c1-13-10-20(12-28-13)3-7-26(8-4-20)19-25-11-15(18-24-6-9-27(18)19)29-14-2-5-23-17(22)16(14)21/h2,5-6,9,11,13H,3-4,7-8,10,12H2,1H3/t13-/m0/s1. The van der Waals surface area contributed by atoms with Crippen molar-refractivity contribution in [3.63, 3.8) is 0 Å². The Morgan fingerprint density at radius 1 is 1.14 bits per heavy atom. The molecule has 1 spiro atoms. The molecule has 6 nitrogen and oxygen atoms in total. The first-order valence-electron chi connectivity index (χ1n) is 9.71. The van der Waals surface area contributed by atoms with Crippen molar-refractivity contribution < 1.29 is 4.74 Å². The summed E-state index contributed by atoms with van der Waals surface area (Å²) in [5, 5.41) is 0.746. The second-order valence-corrected chi connectivity index (χ2v) is 9.69. The molecule has 5 heterocycles. The summed E-state index contributed by atoms with van der Waals surface area (Å²) in [5.74, 6) is 0.933. The summed E-state index contributed by atoms with van der Waals surface area (Å²) < 4.78 is 7.92. The van der Waals surface area contributed by atoms with Crippen LogP contribution in [0.5, 0.6) is 0 Å². The highest BCUT2D eigenvalue weighted by molar-refractivity contribution is 7.99. The normalized spacial score (nSPS) is 21.3. The van der Waals surface area contributed by atoms with E-state index in [9.17, 15) is 0 Å². The van der Waals surface area contributed by atoms with Crippen LogP contribution in [0.1, 0.15) is 26.2 Å². The molecule has 9 heteroatoms. The van der Waals surface area contributed by atoms with Crippen LogP contribution in [0.2, 0.25) is 10.2 Å². The molecule has 0 saturated carbocycles. The molecule has 2 saturated heterocycles. The highest BCUT2D eigenvalue weighted by Gasteiger charge is 2.41. The maximum atomic E-state index is 6.31. The fourth-order valence-electron chi connectivity index (χ4n) is 4.36. The molecule has 0 N–H and O–H groups in total. The van der Waals surface area contributed by atoms with Gasteiger partial charge in [0.05, 0.1) is 22.6 Å². The predicted octanol–water partition coefficient (Wildman–Crippen LogP) is 4.98. The quantitative estimate of drug-likeness (QED) is 0.525. The van der Waals surface area contributed by atoms with Gasteiger partial charge in [-0.25, -0.2) is 15.0 Å². The third-order valence-corrected chi connectivity index (χ3v) is 7.85. The van der Waals surface area contributed by atoms with Crippen LogP contribution >= 0.6 is 35.0 Å². The molecule has 0 unspecified atom stereocenters. The van der Waals surface area contributed by atoms with Gasteiger partial charge in [0.1, 0.15) is 5.15 Å². The number of pyridine rings is 1. The van der Waals surface area contributed by atoms with E-state index in [1.165, 1.54) is 18.2 Å². The maximum absolute atomic E-state index is 6.31. The molecular formula is C20H21Cl2N5OS. The molecule has 3 aromatic heterocycles. The molecular weight excluding hydrogens is 429 g/mol. The van der Waals surface area contributed by atoms with Crippen molar-refractivity contribution in [1.29, 1.82) is 0 Å². The van der Waals surface area contributed by atoms with Crippen LogP contribution in [-0.2, 0) is 4.74 Å². The van der Waals surface area contributed by atoms with Gasteiger partial charge in [-0.05, 0) is 37.7 Å². The Hall–Kier alpha value is -1.54. The number of piperidine rings is 1. The van der Waals surface area contributed by atoms with Crippen molar-refractivity contribution in [1.82, 2.24) is 19.4 Å². The molecule has 0 bridgehead atoms. The number of hydrogen-bond donors (Lipinski definition) is 0. The molecule has 0 aromatic carbocycles. The maximum Gasteiger partial charge on any atom is 0.211 e. The number of halogens is 2. The largest absolute Gasteiger partial charge is 0.378 e. The van der Waals surface area contributed by atoms with E-state index in [1.807, 2.05) is 24.7 Å². The smallest absolute Gasteiger partial charge is 0.211 e. The predicted molar refractivity (Wildman–Crippen MR) is 115 cm³/mol. The van der Waals surface area contributed by atoms with Crippen molar-refractivity contribution in [2.24, 2.45) is 5.41 Å². The Balaban J connectivity index is 1.40. The molecule has 152 valence electrons. The Morgan fingerprint density at radius 3 is 2.72 bits per heavy atom. The zero-order valence-corrected chi connectivity index (χ0v) is 18.3. The molecule has 2 aliphatic rings. The van der Waals surface area contributed by atoms with Crippen molar-refractivity contribution in [2.75, 3.05) is 24.6 Å². The van der Waals surface area contributed by atoms with Gasteiger partial charge in [-0.1, -0.05) is 35.0 Å².